The maximum Gasteiger partial charge on any atom is 0.267 e. The van der Waals surface area contributed by atoms with Gasteiger partial charge in [0.2, 0.25) is 0 Å². The maximum atomic E-state index is 12.6. The Balaban J connectivity index is 1.71. The van der Waals surface area contributed by atoms with Crippen LogP contribution in [0.1, 0.15) is 22.3 Å². The van der Waals surface area contributed by atoms with E-state index in [1.807, 2.05) is 44.2 Å². The van der Waals surface area contributed by atoms with E-state index in [-0.39, 0.29) is 12.5 Å². The van der Waals surface area contributed by atoms with Crippen molar-refractivity contribution in [3.8, 4) is 28.1 Å². The molecule has 3 rings (SSSR count). The van der Waals surface area contributed by atoms with Gasteiger partial charge in [-0.3, -0.25) is 4.79 Å². The number of nitrogens with one attached hydrogen (secondary N) is 1. The van der Waals surface area contributed by atoms with E-state index in [9.17, 15) is 4.79 Å². The van der Waals surface area contributed by atoms with Crippen LogP contribution in [0, 0.1) is 18.3 Å². The van der Waals surface area contributed by atoms with Crippen LogP contribution in [0.3, 0.4) is 0 Å². The zero-order chi connectivity index (χ0) is 19.9. The van der Waals surface area contributed by atoms with Gasteiger partial charge >= 0.3 is 0 Å². The lowest BCUT2D eigenvalue weighted by molar-refractivity contribution is 0.103. The molecule has 0 saturated heterocycles. The largest absolute Gasteiger partial charge is 0.494 e. The second-order valence-electron chi connectivity index (χ2n) is 5.82. The lowest BCUT2D eigenvalue weighted by Crippen LogP contribution is -2.11. The summed E-state index contributed by atoms with van der Waals surface area (Å²) in [5, 5.41) is 12.2. The van der Waals surface area contributed by atoms with E-state index in [4.69, 9.17) is 14.7 Å². The minimum absolute atomic E-state index is 0.0138. The molecule has 142 valence electrons. The lowest BCUT2D eigenvalue weighted by Gasteiger charge is -2.06. The number of rotatable bonds is 7. The highest BCUT2D eigenvalue weighted by Gasteiger charge is 2.16. The Kier molecular flexibility index (Phi) is 6.25. The van der Waals surface area contributed by atoms with Crippen LogP contribution in [0.2, 0.25) is 0 Å². The van der Waals surface area contributed by atoms with Gasteiger partial charge in [0.1, 0.15) is 27.5 Å². The number of aromatic nitrogens is 1. The topological polar surface area (TPSA) is 84.2 Å². The fourth-order valence-electron chi connectivity index (χ4n) is 2.53. The zero-order valence-electron chi connectivity index (χ0n) is 15.6. The Morgan fingerprint density at radius 2 is 1.75 bits per heavy atom. The lowest BCUT2D eigenvalue weighted by atomic mass is 10.2. The number of thiazole rings is 1. The molecule has 0 fully saturated rings. The van der Waals surface area contributed by atoms with E-state index in [2.05, 4.69) is 10.3 Å². The summed E-state index contributed by atoms with van der Waals surface area (Å²) < 4.78 is 10.7. The third-order valence-electron chi connectivity index (χ3n) is 3.83. The molecule has 0 aliphatic rings. The van der Waals surface area contributed by atoms with E-state index in [1.165, 1.54) is 11.3 Å². The first kappa shape index (κ1) is 19.4. The molecule has 3 aromatic rings. The molecule has 1 N–H and O–H groups in total. The van der Waals surface area contributed by atoms with Crippen LogP contribution in [-0.2, 0) is 0 Å². The van der Waals surface area contributed by atoms with Crippen molar-refractivity contribution in [3.63, 3.8) is 0 Å². The molecule has 0 spiro atoms. The van der Waals surface area contributed by atoms with E-state index >= 15 is 0 Å². The molecule has 6 nitrogen and oxygen atoms in total. The monoisotopic (exact) mass is 393 g/mol. The molecular weight excluding hydrogens is 374 g/mol. The van der Waals surface area contributed by atoms with Crippen LogP contribution in [0.15, 0.2) is 48.5 Å². The number of aryl methyl sites for hydroxylation is 1. The van der Waals surface area contributed by atoms with Gasteiger partial charge in [0.05, 0.1) is 12.3 Å². The third-order valence-corrected chi connectivity index (χ3v) is 5.04. The predicted octanol–water partition coefficient (Wildman–Crippen LogP) is 4.67. The summed E-state index contributed by atoms with van der Waals surface area (Å²) >= 11 is 1.35. The molecule has 0 aliphatic carbocycles. The van der Waals surface area contributed by atoms with Gasteiger partial charge in [-0.05, 0) is 62.4 Å². The van der Waals surface area contributed by atoms with Crippen molar-refractivity contribution in [2.45, 2.75) is 13.8 Å². The summed E-state index contributed by atoms with van der Waals surface area (Å²) in [6, 6.07) is 16.4. The Morgan fingerprint density at radius 3 is 2.39 bits per heavy atom. The fourth-order valence-corrected chi connectivity index (χ4v) is 3.50. The zero-order valence-corrected chi connectivity index (χ0v) is 16.4. The van der Waals surface area contributed by atoms with Crippen LogP contribution < -0.4 is 14.8 Å². The number of anilines is 1. The van der Waals surface area contributed by atoms with Crippen molar-refractivity contribution in [1.82, 2.24) is 4.98 Å². The van der Waals surface area contributed by atoms with Crippen LogP contribution in [0.25, 0.3) is 10.6 Å². The van der Waals surface area contributed by atoms with E-state index in [1.54, 1.807) is 24.3 Å². The molecule has 0 unspecified atom stereocenters. The smallest absolute Gasteiger partial charge is 0.267 e. The minimum atomic E-state index is -0.210. The number of nitriles is 1. The predicted molar refractivity (Wildman–Crippen MR) is 109 cm³/mol. The summed E-state index contributed by atoms with van der Waals surface area (Å²) in [5.74, 6) is 1.17. The van der Waals surface area contributed by atoms with E-state index in [0.717, 1.165) is 16.3 Å². The number of carbonyl (C=O) groups excluding carboxylic acids is 1. The molecule has 2 aromatic carbocycles. The molecule has 0 bridgehead atoms. The number of benzene rings is 2. The average molecular weight is 393 g/mol. The first-order valence-corrected chi connectivity index (χ1v) is 9.54. The molecule has 0 saturated carbocycles. The highest BCUT2D eigenvalue weighted by molar-refractivity contribution is 7.17. The summed E-state index contributed by atoms with van der Waals surface area (Å²) in [5.41, 5.74) is 2.26. The standard InChI is InChI=1S/C21H19N3O3S/c1-3-26-17-8-4-15(5-9-17)21-23-14(2)19(28-21)20(25)24-16-6-10-18(11-7-16)27-13-12-22/h4-11H,3,13H2,1-2H3,(H,24,25). The number of nitrogens with zero attached hydrogens (tertiary/aromatic N) is 2. The van der Waals surface area contributed by atoms with Crippen LogP contribution in [0.4, 0.5) is 5.69 Å². The van der Waals surface area contributed by atoms with Gasteiger partial charge in [-0.1, -0.05) is 0 Å². The summed E-state index contributed by atoms with van der Waals surface area (Å²) in [6.07, 6.45) is 0. The van der Waals surface area contributed by atoms with Crippen molar-refractivity contribution < 1.29 is 14.3 Å². The molecular formula is C21H19N3O3S. The maximum absolute atomic E-state index is 12.6. The number of amides is 1. The van der Waals surface area contributed by atoms with Crippen molar-refractivity contribution in [1.29, 1.82) is 5.26 Å². The number of carbonyl (C=O) groups is 1. The van der Waals surface area contributed by atoms with Gasteiger partial charge in [-0.25, -0.2) is 4.98 Å². The van der Waals surface area contributed by atoms with Crippen LogP contribution in [-0.4, -0.2) is 24.1 Å². The van der Waals surface area contributed by atoms with E-state index < -0.39 is 0 Å². The molecule has 1 heterocycles. The summed E-state index contributed by atoms with van der Waals surface area (Å²) in [7, 11) is 0. The Bertz CT molecular complexity index is 989. The van der Waals surface area contributed by atoms with Crippen LogP contribution in [0.5, 0.6) is 11.5 Å². The summed E-state index contributed by atoms with van der Waals surface area (Å²) in [4.78, 5) is 17.7. The number of ether oxygens (including phenoxy) is 2. The van der Waals surface area contributed by atoms with Gasteiger partial charge in [0.15, 0.2) is 6.61 Å². The van der Waals surface area contributed by atoms with Crippen LogP contribution >= 0.6 is 11.3 Å². The Morgan fingerprint density at radius 1 is 1.11 bits per heavy atom. The normalized spacial score (nSPS) is 10.2. The third kappa shape index (κ3) is 4.67. The van der Waals surface area contributed by atoms with Gasteiger partial charge in [-0.15, -0.1) is 11.3 Å². The quantitative estimate of drug-likeness (QED) is 0.630. The fraction of sp³-hybridized carbons (Fsp3) is 0.190. The first-order chi connectivity index (χ1) is 13.6. The van der Waals surface area contributed by atoms with Crippen molar-refractivity contribution in [3.05, 3.63) is 59.1 Å². The molecule has 0 radical (unpaired) electrons. The highest BCUT2D eigenvalue weighted by Crippen LogP contribution is 2.30. The molecule has 1 amide bonds. The average Bonchev–Trinajstić information content (AvgIpc) is 3.10. The van der Waals surface area contributed by atoms with Crippen molar-refractivity contribution >= 4 is 22.9 Å². The number of hydrogen-bond acceptors (Lipinski definition) is 6. The Labute approximate surface area is 167 Å². The Hall–Kier alpha value is -3.37. The second kappa shape index (κ2) is 9.02. The molecule has 28 heavy (non-hydrogen) atoms. The number of hydrogen-bond donors (Lipinski definition) is 1. The first-order valence-electron chi connectivity index (χ1n) is 8.72. The molecule has 0 atom stereocenters. The van der Waals surface area contributed by atoms with Gasteiger partial charge in [-0.2, -0.15) is 5.26 Å². The molecule has 0 aliphatic heterocycles. The van der Waals surface area contributed by atoms with Gasteiger partial charge in [0.25, 0.3) is 5.91 Å². The second-order valence-corrected chi connectivity index (χ2v) is 6.82. The van der Waals surface area contributed by atoms with Crippen molar-refractivity contribution in [2.75, 3.05) is 18.5 Å². The van der Waals surface area contributed by atoms with Gasteiger partial charge < -0.3 is 14.8 Å². The minimum Gasteiger partial charge on any atom is -0.494 e. The molecule has 1 aromatic heterocycles. The summed E-state index contributed by atoms with van der Waals surface area (Å²) in [6.45, 7) is 4.36. The SMILES string of the molecule is CCOc1ccc(-c2nc(C)c(C(=O)Nc3ccc(OCC#N)cc3)s2)cc1. The van der Waals surface area contributed by atoms with E-state index in [0.29, 0.717) is 28.6 Å². The van der Waals surface area contributed by atoms with Crippen molar-refractivity contribution in [2.24, 2.45) is 0 Å². The molecule has 7 heteroatoms. The van der Waals surface area contributed by atoms with Gasteiger partial charge in [0, 0.05) is 11.3 Å². The highest BCUT2D eigenvalue weighted by atomic mass is 32.1.